The number of hydrogen-bond acceptors (Lipinski definition) is 3. The Hall–Kier alpha value is -3.99. The van der Waals surface area contributed by atoms with Crippen molar-refractivity contribution in [3.8, 4) is 11.1 Å². The number of amides is 2. The van der Waals surface area contributed by atoms with Crippen LogP contribution >= 0.6 is 0 Å². The van der Waals surface area contributed by atoms with Crippen molar-refractivity contribution in [1.29, 1.82) is 0 Å². The van der Waals surface area contributed by atoms with Crippen LogP contribution in [0.5, 0.6) is 0 Å². The van der Waals surface area contributed by atoms with Gasteiger partial charge in [0.25, 0.3) is 0 Å². The summed E-state index contributed by atoms with van der Waals surface area (Å²) in [6, 6.07) is 21.2. The lowest BCUT2D eigenvalue weighted by Crippen LogP contribution is -2.21. The van der Waals surface area contributed by atoms with Crippen molar-refractivity contribution >= 4 is 34.5 Å². The first-order chi connectivity index (χ1) is 15.8. The first-order valence-corrected chi connectivity index (χ1v) is 10.9. The normalized spacial score (nSPS) is 11.3. The molecule has 0 spiro atoms. The number of aryl methyl sites for hydroxylation is 1. The van der Waals surface area contributed by atoms with Gasteiger partial charge in [0.15, 0.2) is 6.29 Å². The van der Waals surface area contributed by atoms with E-state index in [1.165, 1.54) is 0 Å². The van der Waals surface area contributed by atoms with E-state index < -0.39 is 0 Å². The fourth-order valence-corrected chi connectivity index (χ4v) is 3.79. The molecule has 4 aromatic rings. The summed E-state index contributed by atoms with van der Waals surface area (Å²) in [5, 5.41) is 7.91. The molecule has 0 aliphatic heterocycles. The first-order valence-electron chi connectivity index (χ1n) is 10.9. The third-order valence-electron chi connectivity index (χ3n) is 5.74. The largest absolute Gasteiger partial charge is 0.323 e. The van der Waals surface area contributed by atoms with Crippen molar-refractivity contribution in [2.75, 3.05) is 10.6 Å². The number of rotatable bonds is 4. The average molecular weight is 438 g/mol. The summed E-state index contributed by atoms with van der Waals surface area (Å²) >= 11 is 0. The summed E-state index contributed by atoms with van der Waals surface area (Å²) in [4.78, 5) is 28.0. The summed E-state index contributed by atoms with van der Waals surface area (Å²) < 4.78 is 0. The van der Waals surface area contributed by atoms with Gasteiger partial charge in [-0.25, -0.2) is 4.79 Å². The van der Waals surface area contributed by atoms with E-state index in [0.29, 0.717) is 11.4 Å². The van der Waals surface area contributed by atoms with Gasteiger partial charge >= 0.3 is 6.03 Å². The minimum Gasteiger partial charge on any atom is -0.307 e. The predicted octanol–water partition coefficient (Wildman–Crippen LogP) is 6.96. The molecule has 0 atom stereocenters. The van der Waals surface area contributed by atoms with Gasteiger partial charge in [0, 0.05) is 22.8 Å². The molecule has 1 heterocycles. The van der Waals surface area contributed by atoms with Crippen molar-refractivity contribution in [3.63, 3.8) is 0 Å². The maximum atomic E-state index is 12.9. The minimum absolute atomic E-state index is 0.00851. The Balaban J connectivity index is 1.63. The monoisotopic (exact) mass is 437 g/mol. The van der Waals surface area contributed by atoms with Gasteiger partial charge in [-0.2, -0.15) is 0 Å². The van der Waals surface area contributed by atoms with E-state index in [2.05, 4.69) is 42.5 Å². The van der Waals surface area contributed by atoms with Crippen LogP contribution in [0.3, 0.4) is 0 Å². The summed E-state index contributed by atoms with van der Waals surface area (Å²) in [6.45, 7) is 8.43. The van der Waals surface area contributed by atoms with E-state index in [1.807, 2.05) is 61.5 Å². The fourth-order valence-electron chi connectivity index (χ4n) is 3.79. The number of anilines is 2. The highest BCUT2D eigenvalue weighted by Crippen LogP contribution is 2.33. The topological polar surface area (TPSA) is 71.1 Å². The van der Waals surface area contributed by atoms with E-state index in [4.69, 9.17) is 0 Å². The molecule has 0 fully saturated rings. The van der Waals surface area contributed by atoms with Gasteiger partial charge in [0.1, 0.15) is 5.69 Å². The number of fused-ring (bicyclic) bond motifs is 1. The maximum Gasteiger partial charge on any atom is 0.323 e. The van der Waals surface area contributed by atoms with Crippen LogP contribution in [0, 0.1) is 6.92 Å². The first kappa shape index (κ1) is 22.2. The van der Waals surface area contributed by atoms with E-state index in [0.717, 1.165) is 45.0 Å². The van der Waals surface area contributed by atoms with Crippen LogP contribution < -0.4 is 10.6 Å². The van der Waals surface area contributed by atoms with Crippen molar-refractivity contribution in [3.05, 3.63) is 89.7 Å². The number of carbonyl (C=O) groups is 2. The fraction of sp³-hybridized carbons (Fsp3) is 0.179. The summed E-state index contributed by atoms with van der Waals surface area (Å²) in [6.07, 6.45) is 2.42. The zero-order chi connectivity index (χ0) is 23.6. The number of pyridine rings is 1. The molecule has 166 valence electrons. The Morgan fingerprint density at radius 3 is 2.27 bits per heavy atom. The summed E-state index contributed by atoms with van der Waals surface area (Å²) in [7, 11) is 0. The average Bonchev–Trinajstić information content (AvgIpc) is 2.80. The second-order valence-corrected chi connectivity index (χ2v) is 9.15. The lowest BCUT2D eigenvalue weighted by atomic mass is 9.86. The lowest BCUT2D eigenvalue weighted by molar-refractivity contribution is 0.111. The van der Waals surface area contributed by atoms with E-state index >= 15 is 0 Å². The number of benzene rings is 3. The number of hydrogen-bond donors (Lipinski definition) is 2. The van der Waals surface area contributed by atoms with E-state index in [9.17, 15) is 9.59 Å². The van der Waals surface area contributed by atoms with Gasteiger partial charge in [-0.3, -0.25) is 9.78 Å². The molecule has 0 saturated carbocycles. The lowest BCUT2D eigenvalue weighted by Gasteiger charge is -2.21. The molecule has 1 aromatic heterocycles. The van der Waals surface area contributed by atoms with Crippen LogP contribution in [0.2, 0.25) is 0 Å². The van der Waals surface area contributed by atoms with E-state index in [1.54, 1.807) is 12.3 Å². The molecule has 0 bridgehead atoms. The third-order valence-corrected chi connectivity index (χ3v) is 5.74. The van der Waals surface area contributed by atoms with Gasteiger partial charge in [-0.1, -0.05) is 69.3 Å². The Bertz CT molecular complexity index is 1340. The highest BCUT2D eigenvalue weighted by atomic mass is 16.2. The molecular weight excluding hydrogens is 410 g/mol. The molecule has 33 heavy (non-hydrogen) atoms. The molecule has 2 N–H and O–H groups in total. The highest BCUT2D eigenvalue weighted by molar-refractivity contribution is 6.09. The third kappa shape index (κ3) is 4.77. The molecule has 4 rings (SSSR count). The molecule has 5 nitrogen and oxygen atoms in total. The minimum atomic E-state index is -0.293. The van der Waals surface area contributed by atoms with Crippen molar-refractivity contribution in [2.45, 2.75) is 33.1 Å². The Kier molecular flexibility index (Phi) is 5.97. The quantitative estimate of drug-likeness (QED) is 0.339. The standard InChI is InChI=1S/C28H27N3O2/c1-18-9-11-20(28(2,3)4)15-26(18)31-27(33)30-25-14-13-22(23-7-5-6-8-24(23)25)19-10-12-21(17-32)29-16-19/h5-17H,1-4H3,(H2,30,31,33). The molecule has 0 radical (unpaired) electrons. The van der Waals surface area contributed by atoms with Crippen LogP contribution in [-0.4, -0.2) is 17.3 Å². The number of carbonyl (C=O) groups excluding carboxylic acids is 2. The van der Waals surface area contributed by atoms with Gasteiger partial charge in [0.2, 0.25) is 0 Å². The number of aromatic nitrogens is 1. The molecule has 2 amide bonds. The molecule has 3 aromatic carbocycles. The number of urea groups is 1. The van der Waals surface area contributed by atoms with E-state index in [-0.39, 0.29) is 11.4 Å². The second-order valence-electron chi connectivity index (χ2n) is 9.15. The summed E-state index contributed by atoms with van der Waals surface area (Å²) in [5.74, 6) is 0. The number of aldehydes is 1. The SMILES string of the molecule is Cc1ccc(C(C)(C)C)cc1NC(=O)Nc1ccc(-c2ccc(C=O)nc2)c2ccccc12. The Labute approximate surface area is 193 Å². The van der Waals surface area contributed by atoms with Gasteiger partial charge in [-0.15, -0.1) is 0 Å². The van der Waals surface area contributed by atoms with Crippen LogP contribution in [0.25, 0.3) is 21.9 Å². The molecule has 0 unspecified atom stereocenters. The van der Waals surface area contributed by atoms with Crippen LogP contribution in [-0.2, 0) is 5.41 Å². The zero-order valence-corrected chi connectivity index (χ0v) is 19.3. The van der Waals surface area contributed by atoms with Crippen LogP contribution in [0.15, 0.2) is 72.9 Å². The van der Waals surface area contributed by atoms with Crippen molar-refractivity contribution in [1.82, 2.24) is 4.98 Å². The van der Waals surface area contributed by atoms with Crippen LogP contribution in [0.4, 0.5) is 16.2 Å². The maximum absolute atomic E-state index is 12.9. The van der Waals surface area contributed by atoms with Crippen molar-refractivity contribution in [2.24, 2.45) is 0 Å². The molecule has 0 aliphatic carbocycles. The molecule has 0 saturated heterocycles. The predicted molar refractivity (Wildman–Crippen MR) is 135 cm³/mol. The Morgan fingerprint density at radius 2 is 1.61 bits per heavy atom. The summed E-state index contributed by atoms with van der Waals surface area (Å²) in [5.41, 5.74) is 5.94. The molecule has 5 heteroatoms. The van der Waals surface area contributed by atoms with Crippen molar-refractivity contribution < 1.29 is 9.59 Å². The zero-order valence-electron chi connectivity index (χ0n) is 19.3. The number of nitrogens with zero attached hydrogens (tertiary/aromatic N) is 1. The molecule has 0 aliphatic rings. The molecular formula is C28H27N3O2. The van der Waals surface area contributed by atoms with Gasteiger partial charge in [0.05, 0.1) is 5.69 Å². The van der Waals surface area contributed by atoms with Crippen LogP contribution in [0.1, 0.15) is 42.4 Å². The second kappa shape index (κ2) is 8.87. The smallest absolute Gasteiger partial charge is 0.307 e. The Morgan fingerprint density at radius 1 is 0.879 bits per heavy atom. The van der Waals surface area contributed by atoms with Gasteiger partial charge in [-0.05, 0) is 52.6 Å². The number of nitrogens with one attached hydrogen (secondary N) is 2. The highest BCUT2D eigenvalue weighted by Gasteiger charge is 2.16. The van der Waals surface area contributed by atoms with Gasteiger partial charge < -0.3 is 10.6 Å².